The van der Waals surface area contributed by atoms with Gasteiger partial charge in [-0.1, -0.05) is 146 Å². The van der Waals surface area contributed by atoms with Gasteiger partial charge in [0.2, 0.25) is 0 Å². The molecule has 1 N–H and O–H groups in total. The minimum Gasteiger partial charge on any atom is -0.454 e. The van der Waals surface area contributed by atoms with Crippen molar-refractivity contribution in [1.82, 2.24) is 9.88 Å². The van der Waals surface area contributed by atoms with Crippen molar-refractivity contribution >= 4 is 86.9 Å². The molecule has 12 rings (SSSR count). The maximum atomic E-state index is 6.73. The maximum Gasteiger partial charge on any atom is 0.159 e. The number of nitrogens with zero attached hydrogens (tertiary/aromatic N) is 3. The SMILES string of the molecule is c1ccc(C2=NC(c3ccc4c(c3)sc3c(-c5ccc6oc7c(-n8c9ccccc9c9ccccc98)cccc7c6c5)cccc34)=NC(c3ccccc3)N2)cc1. The van der Waals surface area contributed by atoms with Crippen molar-refractivity contribution in [2.45, 2.75) is 6.17 Å². The van der Waals surface area contributed by atoms with E-state index >= 15 is 0 Å². The molecule has 1 unspecified atom stereocenters. The maximum absolute atomic E-state index is 6.73. The zero-order chi connectivity index (χ0) is 37.5. The number of thiophene rings is 1. The third kappa shape index (κ3) is 5.08. The minimum absolute atomic E-state index is 0.245. The molecule has 268 valence electrons. The molecule has 0 bridgehead atoms. The Morgan fingerprint density at radius 1 is 0.526 bits per heavy atom. The number of hydrogen-bond donors (Lipinski definition) is 1. The van der Waals surface area contributed by atoms with E-state index in [1.807, 2.05) is 35.6 Å². The summed E-state index contributed by atoms with van der Waals surface area (Å²) < 4.78 is 11.5. The van der Waals surface area contributed by atoms with Crippen LogP contribution in [0.3, 0.4) is 0 Å². The van der Waals surface area contributed by atoms with Crippen LogP contribution in [0.2, 0.25) is 0 Å². The molecule has 6 heteroatoms. The summed E-state index contributed by atoms with van der Waals surface area (Å²) in [5.41, 5.74) is 10.6. The average Bonchev–Trinajstić information content (AvgIpc) is 3.96. The van der Waals surface area contributed by atoms with Gasteiger partial charge in [0.15, 0.2) is 11.4 Å². The molecule has 4 heterocycles. The molecule has 0 fully saturated rings. The average molecular weight is 749 g/mol. The van der Waals surface area contributed by atoms with Crippen molar-refractivity contribution in [3.05, 3.63) is 199 Å². The molecule has 57 heavy (non-hydrogen) atoms. The Hall–Kier alpha value is -7.28. The molecule has 11 aromatic rings. The molecule has 0 saturated heterocycles. The summed E-state index contributed by atoms with van der Waals surface area (Å²) in [6.45, 7) is 0. The lowest BCUT2D eigenvalue weighted by atomic mass is 10.00. The van der Waals surface area contributed by atoms with E-state index in [0.29, 0.717) is 0 Å². The number of furan rings is 1. The van der Waals surface area contributed by atoms with Crippen LogP contribution in [-0.4, -0.2) is 16.2 Å². The zero-order valence-electron chi connectivity index (χ0n) is 30.6. The summed E-state index contributed by atoms with van der Waals surface area (Å²) in [5, 5.41) is 10.7. The fourth-order valence-electron chi connectivity index (χ4n) is 8.60. The number of para-hydroxylation sites is 3. The molecule has 1 atom stereocenters. The molecule has 1 aliphatic heterocycles. The van der Waals surface area contributed by atoms with Crippen molar-refractivity contribution in [3.8, 4) is 16.8 Å². The predicted octanol–water partition coefficient (Wildman–Crippen LogP) is 13.2. The summed E-state index contributed by atoms with van der Waals surface area (Å²) in [5.74, 6) is 1.54. The number of fused-ring (bicyclic) bond motifs is 9. The van der Waals surface area contributed by atoms with Gasteiger partial charge in [0.1, 0.15) is 17.6 Å². The molecule has 3 aromatic heterocycles. The first-order valence-electron chi connectivity index (χ1n) is 19.2. The second kappa shape index (κ2) is 12.6. The zero-order valence-corrected chi connectivity index (χ0v) is 31.4. The van der Waals surface area contributed by atoms with Gasteiger partial charge in [0, 0.05) is 52.8 Å². The van der Waals surface area contributed by atoms with Gasteiger partial charge < -0.3 is 14.3 Å². The fourth-order valence-corrected chi connectivity index (χ4v) is 9.88. The van der Waals surface area contributed by atoms with Crippen molar-refractivity contribution in [3.63, 3.8) is 0 Å². The lowest BCUT2D eigenvalue weighted by Crippen LogP contribution is -2.33. The highest BCUT2D eigenvalue weighted by molar-refractivity contribution is 7.26. The molecular formula is C51H32N4OS. The van der Waals surface area contributed by atoms with E-state index in [4.69, 9.17) is 14.4 Å². The van der Waals surface area contributed by atoms with Gasteiger partial charge in [-0.15, -0.1) is 11.3 Å². The van der Waals surface area contributed by atoms with E-state index < -0.39 is 0 Å². The van der Waals surface area contributed by atoms with Crippen LogP contribution in [0.1, 0.15) is 22.9 Å². The molecule has 0 spiro atoms. The molecule has 0 saturated carbocycles. The molecule has 0 amide bonds. The normalized spacial score (nSPS) is 14.5. The van der Waals surface area contributed by atoms with E-state index in [1.54, 1.807) is 0 Å². The van der Waals surface area contributed by atoms with Crippen LogP contribution in [0.25, 0.3) is 80.7 Å². The number of rotatable bonds is 5. The van der Waals surface area contributed by atoms with Gasteiger partial charge in [-0.3, -0.25) is 0 Å². The smallest absolute Gasteiger partial charge is 0.159 e. The minimum atomic E-state index is -0.245. The number of aliphatic imine (C=N–C) groups is 2. The Morgan fingerprint density at radius 2 is 1.21 bits per heavy atom. The lowest BCUT2D eigenvalue weighted by Gasteiger charge is -2.23. The van der Waals surface area contributed by atoms with E-state index in [9.17, 15) is 0 Å². The fraction of sp³-hybridized carbons (Fsp3) is 0.0196. The largest absolute Gasteiger partial charge is 0.454 e. The lowest BCUT2D eigenvalue weighted by molar-refractivity contribution is 0.666. The van der Waals surface area contributed by atoms with E-state index in [-0.39, 0.29) is 6.17 Å². The van der Waals surface area contributed by atoms with E-state index in [1.165, 1.54) is 47.5 Å². The standard InChI is InChI=1S/C51H32N4OS/c1-3-13-31(14-4-1)49-52-50(32-15-5-2-6-16-32)54-51(53-49)34-25-27-38-40-21-11-19-35(48(40)57-46(38)30-34)33-26-28-45-41(29-33)39-20-12-24-44(47(39)56-45)55-42-22-9-7-17-36(42)37-18-8-10-23-43(37)55/h1-30,49H,(H,52,53,54). The Kier molecular flexibility index (Phi) is 7.09. The molecule has 0 aliphatic carbocycles. The van der Waals surface area contributed by atoms with Crippen LogP contribution in [0.15, 0.2) is 196 Å². The predicted molar refractivity (Wildman–Crippen MR) is 238 cm³/mol. The second-order valence-corrected chi connectivity index (χ2v) is 15.6. The Morgan fingerprint density at radius 3 is 2.02 bits per heavy atom. The number of benzene rings is 8. The topological polar surface area (TPSA) is 54.8 Å². The number of hydrogen-bond acceptors (Lipinski definition) is 5. The van der Waals surface area contributed by atoms with E-state index in [2.05, 4.69) is 168 Å². The van der Waals surface area contributed by atoms with Gasteiger partial charge in [-0.05, 0) is 53.1 Å². The summed E-state index contributed by atoms with van der Waals surface area (Å²) in [4.78, 5) is 10.2. The first kappa shape index (κ1) is 32.0. The van der Waals surface area contributed by atoms with Crippen LogP contribution in [0, 0.1) is 0 Å². The highest BCUT2D eigenvalue weighted by Crippen LogP contribution is 2.43. The van der Waals surface area contributed by atoms with Gasteiger partial charge in [0.25, 0.3) is 0 Å². The van der Waals surface area contributed by atoms with Crippen LogP contribution in [0.5, 0.6) is 0 Å². The summed E-state index contributed by atoms with van der Waals surface area (Å²) in [6, 6.07) is 64.3. The highest BCUT2D eigenvalue weighted by Gasteiger charge is 2.22. The van der Waals surface area contributed by atoms with Crippen molar-refractivity contribution < 1.29 is 4.42 Å². The summed E-state index contributed by atoms with van der Waals surface area (Å²) in [6.07, 6.45) is -0.245. The number of nitrogens with one attached hydrogen (secondary N) is 1. The van der Waals surface area contributed by atoms with Gasteiger partial charge in [-0.2, -0.15) is 0 Å². The third-order valence-corrected chi connectivity index (χ3v) is 12.5. The Balaban J connectivity index is 0.976. The summed E-state index contributed by atoms with van der Waals surface area (Å²) in [7, 11) is 0. The van der Waals surface area contributed by atoms with Crippen LogP contribution in [0.4, 0.5) is 0 Å². The molecule has 8 aromatic carbocycles. The Labute approximate surface area is 331 Å². The first-order valence-corrected chi connectivity index (χ1v) is 20.0. The van der Waals surface area contributed by atoms with E-state index in [0.717, 1.165) is 61.6 Å². The van der Waals surface area contributed by atoms with Crippen LogP contribution < -0.4 is 5.32 Å². The molecule has 1 aliphatic rings. The quantitative estimate of drug-likeness (QED) is 0.191. The summed E-state index contributed by atoms with van der Waals surface area (Å²) >= 11 is 1.82. The number of amidine groups is 2. The monoisotopic (exact) mass is 748 g/mol. The Bertz CT molecular complexity index is 3390. The third-order valence-electron chi connectivity index (χ3n) is 11.3. The second-order valence-electron chi connectivity index (χ2n) is 14.6. The van der Waals surface area contributed by atoms with Crippen molar-refractivity contribution in [2.75, 3.05) is 0 Å². The first-order chi connectivity index (χ1) is 28.2. The van der Waals surface area contributed by atoms with Gasteiger partial charge in [-0.25, -0.2) is 9.98 Å². The van der Waals surface area contributed by atoms with Crippen molar-refractivity contribution in [2.24, 2.45) is 9.98 Å². The molecule has 0 radical (unpaired) electrons. The molecule has 5 nitrogen and oxygen atoms in total. The molecular weight excluding hydrogens is 717 g/mol. The highest BCUT2D eigenvalue weighted by atomic mass is 32.1. The van der Waals surface area contributed by atoms with Crippen LogP contribution in [-0.2, 0) is 0 Å². The van der Waals surface area contributed by atoms with Gasteiger partial charge in [0.05, 0.1) is 16.7 Å². The number of aromatic nitrogens is 1. The van der Waals surface area contributed by atoms with Crippen molar-refractivity contribution in [1.29, 1.82) is 0 Å². The van der Waals surface area contributed by atoms with Crippen LogP contribution >= 0.6 is 11.3 Å². The van der Waals surface area contributed by atoms with Gasteiger partial charge >= 0.3 is 0 Å².